The van der Waals surface area contributed by atoms with E-state index in [1.54, 1.807) is 18.2 Å². The van der Waals surface area contributed by atoms with E-state index in [1.165, 1.54) is 10.4 Å². The van der Waals surface area contributed by atoms with E-state index < -0.39 is 10.0 Å². The van der Waals surface area contributed by atoms with Crippen LogP contribution in [0.25, 0.3) is 10.8 Å². The van der Waals surface area contributed by atoms with Gasteiger partial charge in [0.2, 0.25) is 15.9 Å². The van der Waals surface area contributed by atoms with Gasteiger partial charge in [-0.3, -0.25) is 9.69 Å². The fourth-order valence-electron chi connectivity index (χ4n) is 3.86. The molecule has 31 heavy (non-hydrogen) atoms. The molecule has 1 aliphatic heterocycles. The van der Waals surface area contributed by atoms with Gasteiger partial charge in [0.05, 0.1) is 11.1 Å². The molecule has 1 fully saturated rings. The number of nitrogens with zero attached hydrogens (tertiary/aromatic N) is 2. The highest BCUT2D eigenvalue weighted by Crippen LogP contribution is 2.26. The van der Waals surface area contributed by atoms with Crippen LogP contribution >= 0.6 is 11.6 Å². The van der Waals surface area contributed by atoms with Crippen molar-refractivity contribution in [3.05, 3.63) is 71.8 Å². The molecule has 1 atom stereocenters. The normalized spacial score (nSPS) is 16.8. The molecule has 8 heteroatoms. The average molecular weight is 458 g/mol. The summed E-state index contributed by atoms with van der Waals surface area (Å²) >= 11 is 6.10. The molecule has 0 aromatic heterocycles. The van der Waals surface area contributed by atoms with Gasteiger partial charge in [-0.05, 0) is 30.5 Å². The van der Waals surface area contributed by atoms with E-state index in [4.69, 9.17) is 11.6 Å². The lowest BCUT2D eigenvalue weighted by Gasteiger charge is -2.36. The minimum Gasteiger partial charge on any atom is -0.324 e. The van der Waals surface area contributed by atoms with Crippen molar-refractivity contribution >= 4 is 44.0 Å². The zero-order valence-corrected chi connectivity index (χ0v) is 18.7. The third-order valence-electron chi connectivity index (χ3n) is 5.70. The Morgan fingerprint density at radius 1 is 0.935 bits per heavy atom. The van der Waals surface area contributed by atoms with Gasteiger partial charge >= 0.3 is 0 Å². The van der Waals surface area contributed by atoms with Crippen molar-refractivity contribution < 1.29 is 13.2 Å². The average Bonchev–Trinajstić information content (AvgIpc) is 2.79. The van der Waals surface area contributed by atoms with Crippen LogP contribution in [0.5, 0.6) is 0 Å². The number of amides is 1. The lowest BCUT2D eigenvalue weighted by Crippen LogP contribution is -2.53. The van der Waals surface area contributed by atoms with Crippen LogP contribution in [0.2, 0.25) is 5.02 Å². The molecule has 1 N–H and O–H groups in total. The van der Waals surface area contributed by atoms with Crippen LogP contribution < -0.4 is 5.32 Å². The molecule has 3 aromatic carbocycles. The number of halogens is 1. The predicted molar refractivity (Wildman–Crippen MR) is 124 cm³/mol. The summed E-state index contributed by atoms with van der Waals surface area (Å²) in [6.07, 6.45) is 0. The zero-order valence-electron chi connectivity index (χ0n) is 17.2. The van der Waals surface area contributed by atoms with E-state index >= 15 is 0 Å². The van der Waals surface area contributed by atoms with E-state index in [0.717, 1.165) is 16.5 Å². The third kappa shape index (κ3) is 4.45. The molecular formula is C23H24ClN3O3S. The van der Waals surface area contributed by atoms with Gasteiger partial charge in [-0.2, -0.15) is 4.31 Å². The highest BCUT2D eigenvalue weighted by molar-refractivity contribution is 7.89. The number of hydrogen-bond acceptors (Lipinski definition) is 4. The molecule has 0 saturated carbocycles. The van der Waals surface area contributed by atoms with Gasteiger partial charge in [0.25, 0.3) is 0 Å². The highest BCUT2D eigenvalue weighted by atomic mass is 35.5. The molecule has 1 heterocycles. The number of rotatable bonds is 5. The number of carbonyl (C=O) groups is 1. The quantitative estimate of drug-likeness (QED) is 0.632. The van der Waals surface area contributed by atoms with Crippen molar-refractivity contribution in [2.75, 3.05) is 31.5 Å². The number of benzene rings is 3. The maximum absolute atomic E-state index is 12.9. The maximum atomic E-state index is 12.9. The second kappa shape index (κ2) is 8.96. The van der Waals surface area contributed by atoms with Gasteiger partial charge < -0.3 is 5.32 Å². The number of hydrogen-bond donors (Lipinski definition) is 1. The Balaban J connectivity index is 1.41. The first-order valence-electron chi connectivity index (χ1n) is 10.2. The summed E-state index contributed by atoms with van der Waals surface area (Å²) in [6.45, 7) is 3.39. The largest absolute Gasteiger partial charge is 0.324 e. The standard InChI is InChI=1S/C23H24ClN3O3S/c1-17(23(28)25-21-11-6-8-18-7-2-3-9-19(18)21)26-13-15-27(16-14-26)31(29,30)22-12-5-4-10-20(22)24/h2-12,17H,13-16H2,1H3,(H,25,28). The van der Waals surface area contributed by atoms with E-state index in [2.05, 4.69) is 5.32 Å². The van der Waals surface area contributed by atoms with Crippen molar-refractivity contribution in [3.63, 3.8) is 0 Å². The van der Waals surface area contributed by atoms with Crippen molar-refractivity contribution in [1.82, 2.24) is 9.21 Å². The van der Waals surface area contributed by atoms with Gasteiger partial charge in [0.15, 0.2) is 0 Å². The summed E-state index contributed by atoms with van der Waals surface area (Å²) < 4.78 is 27.3. The molecule has 1 aliphatic rings. The predicted octanol–water partition coefficient (Wildman–Crippen LogP) is 3.83. The molecule has 1 amide bonds. The summed E-state index contributed by atoms with van der Waals surface area (Å²) in [5, 5.41) is 5.29. The fourth-order valence-corrected chi connectivity index (χ4v) is 5.78. The molecule has 1 saturated heterocycles. The number of carbonyl (C=O) groups excluding carboxylic acids is 1. The minimum atomic E-state index is -3.66. The van der Waals surface area contributed by atoms with Crippen LogP contribution in [0.3, 0.4) is 0 Å². The Labute approximate surface area is 187 Å². The van der Waals surface area contributed by atoms with Crippen molar-refractivity contribution in [2.24, 2.45) is 0 Å². The van der Waals surface area contributed by atoms with Gasteiger partial charge in [0, 0.05) is 37.3 Å². The summed E-state index contributed by atoms with van der Waals surface area (Å²) in [4.78, 5) is 15.0. The summed E-state index contributed by atoms with van der Waals surface area (Å²) in [5.41, 5.74) is 0.773. The Morgan fingerprint density at radius 2 is 1.58 bits per heavy atom. The van der Waals surface area contributed by atoms with Crippen LogP contribution in [0.15, 0.2) is 71.6 Å². The number of anilines is 1. The van der Waals surface area contributed by atoms with Crippen LogP contribution in [-0.4, -0.2) is 55.8 Å². The highest BCUT2D eigenvalue weighted by Gasteiger charge is 2.32. The Kier molecular flexibility index (Phi) is 6.29. The second-order valence-electron chi connectivity index (χ2n) is 7.56. The van der Waals surface area contributed by atoms with Gasteiger partial charge in [-0.15, -0.1) is 0 Å². The Bertz CT molecular complexity index is 1200. The minimum absolute atomic E-state index is 0.112. The number of fused-ring (bicyclic) bond motifs is 1. The first-order valence-corrected chi connectivity index (χ1v) is 12.0. The molecule has 162 valence electrons. The number of nitrogens with one attached hydrogen (secondary N) is 1. The summed E-state index contributed by atoms with van der Waals surface area (Å²) in [7, 11) is -3.66. The van der Waals surface area contributed by atoms with E-state index in [9.17, 15) is 13.2 Å². The molecule has 0 radical (unpaired) electrons. The van der Waals surface area contributed by atoms with E-state index in [0.29, 0.717) is 26.2 Å². The monoisotopic (exact) mass is 457 g/mol. The summed E-state index contributed by atoms with van der Waals surface area (Å²) in [6, 6.07) is 19.8. The van der Waals surface area contributed by atoms with Gasteiger partial charge in [0.1, 0.15) is 4.90 Å². The SMILES string of the molecule is CC(C(=O)Nc1cccc2ccccc12)N1CCN(S(=O)(=O)c2ccccc2Cl)CC1. The second-order valence-corrected chi connectivity index (χ2v) is 9.88. The topological polar surface area (TPSA) is 69.7 Å². The molecule has 3 aromatic rings. The van der Waals surface area contributed by atoms with Crippen LogP contribution in [0, 0.1) is 0 Å². The maximum Gasteiger partial charge on any atom is 0.244 e. The van der Waals surface area contributed by atoms with E-state index in [-0.39, 0.29) is 21.9 Å². The fraction of sp³-hybridized carbons (Fsp3) is 0.261. The Morgan fingerprint density at radius 3 is 2.32 bits per heavy atom. The molecule has 6 nitrogen and oxygen atoms in total. The number of piperazine rings is 1. The van der Waals surface area contributed by atoms with Crippen LogP contribution in [-0.2, 0) is 14.8 Å². The first kappa shape index (κ1) is 21.8. The van der Waals surface area contributed by atoms with E-state index in [1.807, 2.05) is 54.3 Å². The molecular weight excluding hydrogens is 434 g/mol. The molecule has 0 bridgehead atoms. The molecule has 1 unspecified atom stereocenters. The third-order valence-corrected chi connectivity index (χ3v) is 8.10. The molecule has 0 spiro atoms. The first-order chi connectivity index (χ1) is 14.9. The Hall–Kier alpha value is -2.45. The smallest absolute Gasteiger partial charge is 0.244 e. The lowest BCUT2D eigenvalue weighted by atomic mass is 10.1. The van der Waals surface area contributed by atoms with Gasteiger partial charge in [-0.1, -0.05) is 60.1 Å². The summed E-state index contributed by atoms with van der Waals surface area (Å²) in [5.74, 6) is -0.112. The van der Waals surface area contributed by atoms with Crippen molar-refractivity contribution in [3.8, 4) is 0 Å². The van der Waals surface area contributed by atoms with Crippen molar-refractivity contribution in [1.29, 1.82) is 0 Å². The molecule has 4 rings (SSSR count). The lowest BCUT2D eigenvalue weighted by molar-refractivity contribution is -0.121. The van der Waals surface area contributed by atoms with Crippen LogP contribution in [0.1, 0.15) is 6.92 Å². The zero-order chi connectivity index (χ0) is 22.0. The number of sulfonamides is 1. The van der Waals surface area contributed by atoms with Gasteiger partial charge in [-0.25, -0.2) is 8.42 Å². The van der Waals surface area contributed by atoms with Crippen LogP contribution in [0.4, 0.5) is 5.69 Å². The van der Waals surface area contributed by atoms with Crippen molar-refractivity contribution in [2.45, 2.75) is 17.9 Å². The molecule has 0 aliphatic carbocycles.